The molecule has 0 spiro atoms. The molecule has 158 valence electrons. The van der Waals surface area contributed by atoms with Gasteiger partial charge in [-0.1, -0.05) is 19.1 Å². The number of benzene rings is 1. The summed E-state index contributed by atoms with van der Waals surface area (Å²) >= 11 is 1.47. The molecule has 1 atom stereocenters. The third kappa shape index (κ3) is 5.57. The monoisotopic (exact) mass is 418 g/mol. The summed E-state index contributed by atoms with van der Waals surface area (Å²) < 4.78 is 9.55. The van der Waals surface area contributed by atoms with E-state index in [-0.39, 0.29) is 0 Å². The van der Waals surface area contributed by atoms with Crippen LogP contribution >= 0.6 is 11.5 Å². The van der Waals surface area contributed by atoms with E-state index in [1.807, 2.05) is 24.3 Å². The van der Waals surface area contributed by atoms with E-state index >= 15 is 0 Å². The SMILES string of the molecule is CCNC(=NCC(O)c1ccc(OC)cc1)N1CCN(c2nc(CC)ns2)CC1. The van der Waals surface area contributed by atoms with E-state index in [1.54, 1.807) is 7.11 Å². The van der Waals surface area contributed by atoms with Gasteiger partial charge in [0.15, 0.2) is 5.96 Å². The number of aliphatic hydroxyl groups excluding tert-OH is 1. The minimum atomic E-state index is -0.648. The molecule has 0 amide bonds. The number of anilines is 1. The van der Waals surface area contributed by atoms with E-state index in [0.29, 0.717) is 6.54 Å². The summed E-state index contributed by atoms with van der Waals surface area (Å²) in [5.74, 6) is 2.53. The molecular weight excluding hydrogens is 388 g/mol. The van der Waals surface area contributed by atoms with E-state index < -0.39 is 6.10 Å². The molecule has 2 N–H and O–H groups in total. The third-order valence-corrected chi connectivity index (χ3v) is 5.69. The molecule has 1 aromatic carbocycles. The van der Waals surface area contributed by atoms with Crippen LogP contribution in [-0.2, 0) is 6.42 Å². The Kier molecular flexibility index (Phi) is 7.65. The molecule has 1 unspecified atom stereocenters. The minimum absolute atomic E-state index is 0.311. The van der Waals surface area contributed by atoms with Crippen LogP contribution in [0.25, 0.3) is 0 Å². The molecule has 0 radical (unpaired) electrons. The van der Waals surface area contributed by atoms with Crippen LogP contribution in [0.15, 0.2) is 29.3 Å². The molecule has 8 nitrogen and oxygen atoms in total. The molecular formula is C20H30N6O2S. The number of nitrogens with zero attached hydrogens (tertiary/aromatic N) is 5. The van der Waals surface area contributed by atoms with Crippen LogP contribution in [0.3, 0.4) is 0 Å². The lowest BCUT2D eigenvalue weighted by atomic mass is 10.1. The van der Waals surface area contributed by atoms with Crippen molar-refractivity contribution in [2.24, 2.45) is 4.99 Å². The van der Waals surface area contributed by atoms with Crippen molar-refractivity contribution in [2.45, 2.75) is 26.4 Å². The maximum absolute atomic E-state index is 10.5. The van der Waals surface area contributed by atoms with Gasteiger partial charge < -0.3 is 25.0 Å². The largest absolute Gasteiger partial charge is 0.497 e. The molecule has 1 aliphatic rings. The number of rotatable bonds is 7. The summed E-state index contributed by atoms with van der Waals surface area (Å²) in [4.78, 5) is 13.8. The predicted octanol–water partition coefficient (Wildman–Crippen LogP) is 1.93. The van der Waals surface area contributed by atoms with Crippen LogP contribution in [0.4, 0.5) is 5.13 Å². The van der Waals surface area contributed by atoms with Gasteiger partial charge in [-0.15, -0.1) is 0 Å². The Morgan fingerprint density at radius 2 is 1.97 bits per heavy atom. The highest BCUT2D eigenvalue weighted by Crippen LogP contribution is 2.20. The van der Waals surface area contributed by atoms with Gasteiger partial charge in [0, 0.05) is 50.7 Å². The van der Waals surface area contributed by atoms with Gasteiger partial charge in [0.25, 0.3) is 0 Å². The number of methoxy groups -OCH3 is 1. The minimum Gasteiger partial charge on any atom is -0.497 e. The molecule has 9 heteroatoms. The van der Waals surface area contributed by atoms with Crippen LogP contribution in [0.5, 0.6) is 5.75 Å². The average Bonchev–Trinajstić information content (AvgIpc) is 3.26. The van der Waals surface area contributed by atoms with Gasteiger partial charge in [-0.3, -0.25) is 4.99 Å². The molecule has 29 heavy (non-hydrogen) atoms. The van der Waals surface area contributed by atoms with Crippen molar-refractivity contribution < 1.29 is 9.84 Å². The number of aliphatic hydroxyl groups is 1. The molecule has 3 rings (SSSR count). The summed E-state index contributed by atoms with van der Waals surface area (Å²) in [6.45, 7) is 8.69. The maximum atomic E-state index is 10.5. The topological polar surface area (TPSA) is 86.1 Å². The first-order valence-corrected chi connectivity index (χ1v) is 10.8. The van der Waals surface area contributed by atoms with E-state index in [9.17, 15) is 5.11 Å². The Balaban J connectivity index is 1.58. The molecule has 1 fully saturated rings. The number of hydrogen-bond acceptors (Lipinski definition) is 7. The second kappa shape index (κ2) is 10.4. The molecule has 1 aromatic heterocycles. The smallest absolute Gasteiger partial charge is 0.205 e. The first-order valence-electron chi connectivity index (χ1n) is 10.1. The number of guanidine groups is 1. The van der Waals surface area contributed by atoms with Gasteiger partial charge in [-0.2, -0.15) is 4.37 Å². The molecule has 2 heterocycles. The van der Waals surface area contributed by atoms with Gasteiger partial charge in [0.1, 0.15) is 11.6 Å². The zero-order chi connectivity index (χ0) is 20.6. The third-order valence-electron chi connectivity index (χ3n) is 4.87. The van der Waals surface area contributed by atoms with E-state index in [0.717, 1.165) is 67.4 Å². The van der Waals surface area contributed by atoms with Gasteiger partial charge >= 0.3 is 0 Å². The van der Waals surface area contributed by atoms with Crippen molar-refractivity contribution in [1.82, 2.24) is 19.6 Å². The van der Waals surface area contributed by atoms with Gasteiger partial charge in [-0.25, -0.2) is 4.98 Å². The summed E-state index contributed by atoms with van der Waals surface area (Å²) in [7, 11) is 1.63. The van der Waals surface area contributed by atoms with Crippen molar-refractivity contribution in [1.29, 1.82) is 0 Å². The Morgan fingerprint density at radius 3 is 2.55 bits per heavy atom. The zero-order valence-corrected chi connectivity index (χ0v) is 18.2. The van der Waals surface area contributed by atoms with Crippen molar-refractivity contribution in [2.75, 3.05) is 51.3 Å². The standard InChI is InChI=1S/C20H30N6O2S/c1-4-18-23-20(29-24-18)26-12-10-25(11-13-26)19(21-5-2)22-14-17(27)15-6-8-16(28-3)9-7-15/h6-9,17,27H,4-5,10-14H2,1-3H3,(H,21,22). The lowest BCUT2D eigenvalue weighted by Gasteiger charge is -2.36. The fourth-order valence-electron chi connectivity index (χ4n) is 3.16. The summed E-state index contributed by atoms with van der Waals surface area (Å²) in [5.41, 5.74) is 0.832. The number of hydrogen-bond donors (Lipinski definition) is 2. The molecule has 0 aliphatic carbocycles. The molecule has 1 aliphatic heterocycles. The molecule has 2 aromatic rings. The quantitative estimate of drug-likeness (QED) is 0.525. The fraction of sp³-hybridized carbons (Fsp3) is 0.550. The Morgan fingerprint density at radius 1 is 1.24 bits per heavy atom. The highest BCUT2D eigenvalue weighted by molar-refractivity contribution is 7.09. The van der Waals surface area contributed by atoms with Crippen molar-refractivity contribution >= 4 is 22.6 Å². The van der Waals surface area contributed by atoms with Crippen molar-refractivity contribution in [3.8, 4) is 5.75 Å². The maximum Gasteiger partial charge on any atom is 0.205 e. The van der Waals surface area contributed by atoms with Crippen LogP contribution in [0, 0.1) is 0 Å². The summed E-state index contributed by atoms with van der Waals surface area (Å²) in [6, 6.07) is 7.45. The number of piperazine rings is 1. The second-order valence-corrected chi connectivity index (χ2v) is 7.53. The van der Waals surface area contributed by atoms with Crippen LogP contribution in [-0.4, -0.2) is 71.7 Å². The lowest BCUT2D eigenvalue weighted by molar-refractivity contribution is 0.186. The highest BCUT2D eigenvalue weighted by atomic mass is 32.1. The number of ether oxygens (including phenoxy) is 1. The number of aliphatic imine (C=N–C) groups is 1. The van der Waals surface area contributed by atoms with E-state index in [4.69, 9.17) is 4.74 Å². The fourth-order valence-corrected chi connectivity index (χ4v) is 3.96. The molecule has 1 saturated heterocycles. The lowest BCUT2D eigenvalue weighted by Crippen LogP contribution is -2.52. The van der Waals surface area contributed by atoms with Gasteiger partial charge in [-0.05, 0) is 24.6 Å². The Labute approximate surface area is 176 Å². The highest BCUT2D eigenvalue weighted by Gasteiger charge is 2.22. The average molecular weight is 419 g/mol. The second-order valence-electron chi connectivity index (χ2n) is 6.80. The van der Waals surface area contributed by atoms with Crippen LogP contribution in [0.2, 0.25) is 0 Å². The normalized spacial score (nSPS) is 16.1. The van der Waals surface area contributed by atoms with Crippen LogP contribution < -0.4 is 15.0 Å². The Bertz CT molecular complexity index is 787. The molecule has 0 bridgehead atoms. The van der Waals surface area contributed by atoms with Crippen molar-refractivity contribution in [3.05, 3.63) is 35.7 Å². The van der Waals surface area contributed by atoms with Crippen LogP contribution in [0.1, 0.15) is 31.3 Å². The van der Waals surface area contributed by atoms with Gasteiger partial charge in [0.05, 0.1) is 19.8 Å². The van der Waals surface area contributed by atoms with E-state index in [1.165, 1.54) is 11.5 Å². The number of aromatic nitrogens is 2. The molecule has 0 saturated carbocycles. The predicted molar refractivity (Wildman–Crippen MR) is 117 cm³/mol. The summed E-state index contributed by atoms with van der Waals surface area (Å²) in [5, 5.41) is 14.8. The summed E-state index contributed by atoms with van der Waals surface area (Å²) in [6.07, 6.45) is 0.217. The van der Waals surface area contributed by atoms with E-state index in [2.05, 4.69) is 43.3 Å². The number of nitrogens with one attached hydrogen (secondary N) is 1. The first kappa shape index (κ1) is 21.3. The first-order chi connectivity index (χ1) is 14.1. The van der Waals surface area contributed by atoms with Gasteiger partial charge in [0.2, 0.25) is 5.13 Å². The zero-order valence-electron chi connectivity index (χ0n) is 17.3. The Hall–Kier alpha value is -2.39. The number of aryl methyl sites for hydroxylation is 1. The van der Waals surface area contributed by atoms with Crippen molar-refractivity contribution in [3.63, 3.8) is 0 Å².